The van der Waals surface area contributed by atoms with Crippen molar-refractivity contribution in [1.82, 2.24) is 9.80 Å². The fraction of sp³-hybridized carbons (Fsp3) is 0.500. The average Bonchev–Trinajstić information content (AvgIpc) is 3.19. The molecule has 0 spiro atoms. The zero-order chi connectivity index (χ0) is 24.1. The summed E-state index contributed by atoms with van der Waals surface area (Å²) >= 11 is 1.50. The van der Waals surface area contributed by atoms with Gasteiger partial charge in [0.05, 0.1) is 30.8 Å². The number of rotatable bonds is 9. The maximum atomic E-state index is 13.2. The number of thioether (sulfide) groups is 1. The number of fused-ring (bicyclic) bond motifs is 1. The molecule has 1 atom stereocenters. The minimum atomic E-state index is -0.394. The molecule has 6 nitrogen and oxygen atoms in total. The van der Waals surface area contributed by atoms with E-state index in [2.05, 4.69) is 52.0 Å². The van der Waals surface area contributed by atoms with E-state index >= 15 is 0 Å². The molecule has 0 unspecified atom stereocenters. The molecule has 0 radical (unpaired) electrons. The number of aliphatic imine (C=N–C) groups is 1. The van der Waals surface area contributed by atoms with E-state index in [4.69, 9.17) is 9.73 Å². The number of hydrogen-bond acceptors (Lipinski definition) is 6. The van der Waals surface area contributed by atoms with Crippen LogP contribution in [0, 0.1) is 0 Å². The summed E-state index contributed by atoms with van der Waals surface area (Å²) in [6, 6.07) is 7.98. The van der Waals surface area contributed by atoms with Gasteiger partial charge in [-0.25, -0.2) is 9.79 Å². The monoisotopic (exact) mass is 469 g/mol. The van der Waals surface area contributed by atoms with Crippen molar-refractivity contribution in [3.05, 3.63) is 57.8 Å². The first-order valence-electron chi connectivity index (χ1n) is 11.7. The van der Waals surface area contributed by atoms with E-state index in [0.717, 1.165) is 42.4 Å². The van der Waals surface area contributed by atoms with Crippen molar-refractivity contribution in [3.63, 3.8) is 0 Å². The molecule has 0 N–H and O–H groups in total. The third kappa shape index (κ3) is 5.35. The zero-order valence-electron chi connectivity index (χ0n) is 20.6. The molecule has 0 aliphatic carbocycles. The van der Waals surface area contributed by atoms with Crippen LogP contribution in [0.4, 0.5) is 0 Å². The van der Waals surface area contributed by atoms with Crippen LogP contribution < -0.4 is 0 Å². The number of esters is 1. The topological polar surface area (TPSA) is 62.2 Å². The molecule has 2 aliphatic rings. The Morgan fingerprint density at radius 2 is 1.79 bits per heavy atom. The van der Waals surface area contributed by atoms with Gasteiger partial charge in [-0.05, 0) is 42.2 Å². The number of benzene rings is 1. The average molecular weight is 470 g/mol. The van der Waals surface area contributed by atoms with Gasteiger partial charge in [0.15, 0.2) is 5.17 Å². The number of ether oxygens (including phenoxy) is 1. The first-order chi connectivity index (χ1) is 15.8. The number of nitrogens with zero attached hydrogens (tertiary/aromatic N) is 3. The Labute approximate surface area is 201 Å². The summed E-state index contributed by atoms with van der Waals surface area (Å²) in [5.74, 6) is 0.124. The number of hydrogen-bond donors (Lipinski definition) is 0. The molecule has 2 heterocycles. The highest BCUT2D eigenvalue weighted by Gasteiger charge is 2.41. The predicted molar refractivity (Wildman–Crippen MR) is 135 cm³/mol. The molecule has 7 heteroatoms. The standard InChI is InChI=1S/C26H35N3O3S/c1-7-13-28(14-8-2)22(30)15-21-16-33-26-27-18(5)23(25(31)32-6)24(29(21)26)20-11-9-19(10-12-20)17(3)4/h9-12,16-17,24H,7-8,13-15H2,1-6H3/t24-/m1/s1. The Morgan fingerprint density at radius 1 is 1.15 bits per heavy atom. The second-order valence-corrected chi connectivity index (χ2v) is 9.60. The van der Waals surface area contributed by atoms with Gasteiger partial charge in [-0.2, -0.15) is 0 Å². The molecule has 0 bridgehead atoms. The normalized spacial score (nSPS) is 17.7. The minimum absolute atomic E-state index is 0.103. The summed E-state index contributed by atoms with van der Waals surface area (Å²) in [5.41, 5.74) is 4.25. The number of allylic oxidation sites excluding steroid dienone is 1. The molecular weight excluding hydrogens is 434 g/mol. The van der Waals surface area contributed by atoms with Crippen LogP contribution in [0.2, 0.25) is 0 Å². The van der Waals surface area contributed by atoms with Crippen molar-refractivity contribution in [2.24, 2.45) is 4.99 Å². The van der Waals surface area contributed by atoms with Crippen LogP contribution >= 0.6 is 11.8 Å². The van der Waals surface area contributed by atoms with Crippen molar-refractivity contribution in [3.8, 4) is 0 Å². The van der Waals surface area contributed by atoms with Crippen LogP contribution in [0.15, 0.2) is 51.6 Å². The number of carbonyl (C=O) groups excluding carboxylic acids is 2. The highest BCUT2D eigenvalue weighted by Crippen LogP contribution is 2.45. The van der Waals surface area contributed by atoms with Gasteiger partial charge in [0, 0.05) is 18.8 Å². The van der Waals surface area contributed by atoms with Gasteiger partial charge in [-0.3, -0.25) is 4.79 Å². The van der Waals surface area contributed by atoms with Gasteiger partial charge in [0.2, 0.25) is 5.91 Å². The van der Waals surface area contributed by atoms with E-state index in [1.165, 1.54) is 24.4 Å². The second-order valence-electron chi connectivity index (χ2n) is 8.76. The van der Waals surface area contributed by atoms with E-state index in [1.54, 1.807) is 0 Å². The van der Waals surface area contributed by atoms with Gasteiger partial charge >= 0.3 is 5.97 Å². The summed E-state index contributed by atoms with van der Waals surface area (Å²) in [4.78, 5) is 34.7. The van der Waals surface area contributed by atoms with Crippen LogP contribution in [0.5, 0.6) is 0 Å². The van der Waals surface area contributed by atoms with Crippen LogP contribution in [0.25, 0.3) is 0 Å². The quantitative estimate of drug-likeness (QED) is 0.441. The Bertz CT molecular complexity index is 973. The number of amides is 1. The fourth-order valence-corrected chi connectivity index (χ4v) is 5.25. The summed E-state index contributed by atoms with van der Waals surface area (Å²) < 4.78 is 5.15. The summed E-state index contributed by atoms with van der Waals surface area (Å²) in [7, 11) is 1.40. The van der Waals surface area contributed by atoms with E-state index < -0.39 is 5.97 Å². The van der Waals surface area contributed by atoms with Crippen molar-refractivity contribution < 1.29 is 14.3 Å². The van der Waals surface area contributed by atoms with Gasteiger partial charge in [-0.1, -0.05) is 63.7 Å². The van der Waals surface area contributed by atoms with Gasteiger partial charge in [-0.15, -0.1) is 0 Å². The first kappa shape index (κ1) is 25.1. The van der Waals surface area contributed by atoms with E-state index in [1.807, 2.05) is 22.1 Å². The molecular formula is C26H35N3O3S. The summed E-state index contributed by atoms with van der Waals surface area (Å²) in [6.45, 7) is 11.8. The Balaban J connectivity index is 1.99. The summed E-state index contributed by atoms with van der Waals surface area (Å²) in [6.07, 6.45) is 2.13. The lowest BCUT2D eigenvalue weighted by molar-refractivity contribution is -0.136. The van der Waals surface area contributed by atoms with Crippen LogP contribution in [-0.4, -0.2) is 47.0 Å². The molecule has 1 aromatic carbocycles. The lowest BCUT2D eigenvalue weighted by Gasteiger charge is -2.36. The van der Waals surface area contributed by atoms with E-state index in [-0.39, 0.29) is 18.4 Å². The maximum Gasteiger partial charge on any atom is 0.338 e. The van der Waals surface area contributed by atoms with Crippen LogP contribution in [-0.2, 0) is 14.3 Å². The molecule has 2 aliphatic heterocycles. The Hall–Kier alpha value is -2.54. The van der Waals surface area contributed by atoms with Gasteiger partial charge < -0.3 is 14.5 Å². The highest BCUT2D eigenvalue weighted by atomic mass is 32.2. The lowest BCUT2D eigenvalue weighted by atomic mass is 9.92. The predicted octanol–water partition coefficient (Wildman–Crippen LogP) is 5.60. The maximum absolute atomic E-state index is 13.2. The Kier molecular flexibility index (Phi) is 8.40. The largest absolute Gasteiger partial charge is 0.466 e. The molecule has 178 valence electrons. The van der Waals surface area contributed by atoms with E-state index in [0.29, 0.717) is 17.2 Å². The van der Waals surface area contributed by atoms with Crippen molar-refractivity contribution in [2.45, 2.75) is 65.8 Å². The smallest absolute Gasteiger partial charge is 0.338 e. The van der Waals surface area contributed by atoms with E-state index in [9.17, 15) is 9.59 Å². The zero-order valence-corrected chi connectivity index (χ0v) is 21.4. The second kappa shape index (κ2) is 11.1. The lowest BCUT2D eigenvalue weighted by Crippen LogP contribution is -2.39. The van der Waals surface area contributed by atoms with Gasteiger partial charge in [0.25, 0.3) is 0 Å². The van der Waals surface area contributed by atoms with Gasteiger partial charge in [0.1, 0.15) is 0 Å². The third-order valence-electron chi connectivity index (χ3n) is 6.00. The minimum Gasteiger partial charge on any atom is -0.466 e. The molecule has 0 fully saturated rings. The highest BCUT2D eigenvalue weighted by molar-refractivity contribution is 8.16. The number of amidine groups is 1. The molecule has 1 aromatic rings. The molecule has 33 heavy (non-hydrogen) atoms. The third-order valence-corrected chi connectivity index (χ3v) is 6.89. The van der Waals surface area contributed by atoms with Crippen molar-refractivity contribution in [1.29, 1.82) is 0 Å². The van der Waals surface area contributed by atoms with Crippen molar-refractivity contribution in [2.75, 3.05) is 20.2 Å². The SMILES string of the molecule is CCCN(CCC)C(=O)CC1=CSC2=NC(C)=C(C(=O)OC)[C@@H](c3ccc(C(C)C)cc3)N12. The fourth-order valence-electron chi connectivity index (χ4n) is 4.29. The molecule has 3 rings (SSSR count). The van der Waals surface area contributed by atoms with Crippen LogP contribution in [0.3, 0.4) is 0 Å². The number of carbonyl (C=O) groups is 2. The Morgan fingerprint density at radius 3 is 2.33 bits per heavy atom. The molecule has 0 aromatic heterocycles. The van der Waals surface area contributed by atoms with Crippen LogP contribution in [0.1, 0.15) is 77.0 Å². The molecule has 0 saturated carbocycles. The van der Waals surface area contributed by atoms with Crippen molar-refractivity contribution >= 4 is 28.8 Å². The summed E-state index contributed by atoms with van der Waals surface area (Å²) in [5, 5.41) is 2.79. The molecule has 0 saturated heterocycles. The number of methoxy groups -OCH3 is 1. The molecule has 1 amide bonds. The first-order valence-corrected chi connectivity index (χ1v) is 12.6.